The number of nitriles is 1. The van der Waals surface area contributed by atoms with Crippen LogP contribution in [-0.4, -0.2) is 46.5 Å². The van der Waals surface area contributed by atoms with Gasteiger partial charge in [0.25, 0.3) is 0 Å². The van der Waals surface area contributed by atoms with Crippen LogP contribution in [0, 0.1) is 17.2 Å². The van der Waals surface area contributed by atoms with Gasteiger partial charge in [-0.3, -0.25) is 5.32 Å². The van der Waals surface area contributed by atoms with Gasteiger partial charge in [0.15, 0.2) is 0 Å². The van der Waals surface area contributed by atoms with Crippen molar-refractivity contribution in [2.24, 2.45) is 5.92 Å². The van der Waals surface area contributed by atoms with E-state index in [4.69, 9.17) is 5.11 Å². The SMILES string of the molecule is CCNC1(C#N)CCCC1CCSCC(O)CO. The highest BCUT2D eigenvalue weighted by Crippen LogP contribution is 2.38. The number of aliphatic hydroxyl groups is 2. The standard InChI is InChI=1S/C13H24N2O2S/c1-2-15-13(10-14)6-3-4-11(13)5-7-18-9-12(17)8-16/h11-12,15-17H,2-9H2,1H3. The number of nitrogens with zero attached hydrogens (tertiary/aromatic N) is 1. The number of aliphatic hydroxyl groups excluding tert-OH is 2. The van der Waals surface area contributed by atoms with Crippen molar-refractivity contribution < 1.29 is 10.2 Å². The van der Waals surface area contributed by atoms with Gasteiger partial charge >= 0.3 is 0 Å². The molecular weight excluding hydrogens is 248 g/mol. The lowest BCUT2D eigenvalue weighted by Gasteiger charge is -2.29. The minimum absolute atomic E-state index is 0.171. The largest absolute Gasteiger partial charge is 0.394 e. The topological polar surface area (TPSA) is 76.3 Å². The first-order valence-corrected chi connectivity index (χ1v) is 7.87. The Kier molecular flexibility index (Phi) is 7.02. The van der Waals surface area contributed by atoms with Gasteiger partial charge in [0, 0.05) is 5.75 Å². The summed E-state index contributed by atoms with van der Waals surface area (Å²) in [6.07, 6.45) is 3.57. The van der Waals surface area contributed by atoms with Gasteiger partial charge in [-0.05, 0) is 37.5 Å². The summed E-state index contributed by atoms with van der Waals surface area (Å²) in [6.45, 7) is 2.71. The molecule has 3 N–H and O–H groups in total. The van der Waals surface area contributed by atoms with E-state index in [1.165, 1.54) is 0 Å². The zero-order chi connectivity index (χ0) is 13.4. The Morgan fingerprint density at radius 1 is 1.61 bits per heavy atom. The second kappa shape index (κ2) is 8.00. The van der Waals surface area contributed by atoms with Crippen LogP contribution in [0.2, 0.25) is 0 Å². The molecule has 1 rings (SSSR count). The Morgan fingerprint density at radius 3 is 3.00 bits per heavy atom. The third kappa shape index (κ3) is 4.13. The molecule has 1 aliphatic carbocycles. The highest BCUT2D eigenvalue weighted by molar-refractivity contribution is 7.99. The van der Waals surface area contributed by atoms with Crippen LogP contribution in [0.15, 0.2) is 0 Å². The van der Waals surface area contributed by atoms with Gasteiger partial charge in [-0.1, -0.05) is 13.3 Å². The summed E-state index contributed by atoms with van der Waals surface area (Å²) in [6, 6.07) is 2.48. The van der Waals surface area contributed by atoms with Crippen LogP contribution in [0.3, 0.4) is 0 Å². The van der Waals surface area contributed by atoms with Crippen LogP contribution in [0.1, 0.15) is 32.6 Å². The van der Waals surface area contributed by atoms with Crippen molar-refractivity contribution >= 4 is 11.8 Å². The Balaban J connectivity index is 2.34. The van der Waals surface area contributed by atoms with Crippen LogP contribution in [0.4, 0.5) is 0 Å². The van der Waals surface area contributed by atoms with Crippen LogP contribution in [0.5, 0.6) is 0 Å². The van der Waals surface area contributed by atoms with E-state index in [9.17, 15) is 10.4 Å². The van der Waals surface area contributed by atoms with Crippen molar-refractivity contribution in [3.8, 4) is 6.07 Å². The summed E-state index contributed by atoms with van der Waals surface area (Å²) >= 11 is 1.65. The predicted molar refractivity (Wildman–Crippen MR) is 74.4 cm³/mol. The Hall–Kier alpha value is -0.280. The lowest BCUT2D eigenvalue weighted by Crippen LogP contribution is -2.47. The maximum absolute atomic E-state index is 9.41. The first-order valence-electron chi connectivity index (χ1n) is 6.71. The molecule has 0 radical (unpaired) electrons. The van der Waals surface area contributed by atoms with Crippen molar-refractivity contribution in [3.63, 3.8) is 0 Å². The molecule has 3 atom stereocenters. The molecule has 4 nitrogen and oxygen atoms in total. The van der Waals surface area contributed by atoms with Gasteiger partial charge in [-0.25, -0.2) is 0 Å². The Morgan fingerprint density at radius 2 is 2.39 bits per heavy atom. The quantitative estimate of drug-likeness (QED) is 0.578. The molecule has 3 unspecified atom stereocenters. The van der Waals surface area contributed by atoms with E-state index < -0.39 is 6.10 Å². The molecule has 0 aliphatic heterocycles. The molecule has 0 aromatic heterocycles. The number of rotatable bonds is 8. The van der Waals surface area contributed by atoms with E-state index >= 15 is 0 Å². The van der Waals surface area contributed by atoms with Crippen molar-refractivity contribution in [1.29, 1.82) is 5.26 Å². The summed E-state index contributed by atoms with van der Waals surface area (Å²) in [7, 11) is 0. The molecule has 0 heterocycles. The van der Waals surface area contributed by atoms with Crippen LogP contribution in [-0.2, 0) is 0 Å². The van der Waals surface area contributed by atoms with E-state index in [0.717, 1.165) is 38.0 Å². The lowest BCUT2D eigenvalue weighted by molar-refractivity contribution is 0.113. The average molecular weight is 272 g/mol. The van der Waals surface area contributed by atoms with Gasteiger partial charge in [-0.15, -0.1) is 0 Å². The molecule has 1 saturated carbocycles. The second-order valence-corrected chi connectivity index (χ2v) is 6.05. The fourth-order valence-corrected chi connectivity index (χ4v) is 3.70. The van der Waals surface area contributed by atoms with E-state index in [2.05, 4.69) is 11.4 Å². The van der Waals surface area contributed by atoms with Crippen molar-refractivity contribution in [3.05, 3.63) is 0 Å². The van der Waals surface area contributed by atoms with Gasteiger partial charge in [0.2, 0.25) is 0 Å². The fourth-order valence-electron chi connectivity index (χ4n) is 2.70. The van der Waals surface area contributed by atoms with E-state index in [-0.39, 0.29) is 12.1 Å². The average Bonchev–Trinajstić information content (AvgIpc) is 2.78. The lowest BCUT2D eigenvalue weighted by atomic mass is 9.86. The first kappa shape index (κ1) is 15.8. The summed E-state index contributed by atoms with van der Waals surface area (Å²) < 4.78 is 0. The maximum Gasteiger partial charge on any atom is 0.109 e. The summed E-state index contributed by atoms with van der Waals surface area (Å²) in [4.78, 5) is 0. The monoisotopic (exact) mass is 272 g/mol. The molecule has 1 aliphatic rings. The highest BCUT2D eigenvalue weighted by atomic mass is 32.2. The van der Waals surface area contributed by atoms with Crippen molar-refractivity contribution in [2.45, 2.75) is 44.2 Å². The predicted octanol–water partition coefficient (Wildman–Crippen LogP) is 1.13. The van der Waals surface area contributed by atoms with E-state index in [1.807, 2.05) is 6.92 Å². The van der Waals surface area contributed by atoms with Gasteiger partial charge < -0.3 is 10.2 Å². The second-order valence-electron chi connectivity index (χ2n) is 4.90. The molecular formula is C13H24N2O2S. The summed E-state index contributed by atoms with van der Waals surface area (Å²) in [5.74, 6) is 1.93. The molecule has 0 saturated heterocycles. The van der Waals surface area contributed by atoms with E-state index in [1.54, 1.807) is 11.8 Å². The Labute approximate surface area is 114 Å². The van der Waals surface area contributed by atoms with Crippen LogP contribution < -0.4 is 5.32 Å². The molecule has 0 bridgehead atoms. The smallest absolute Gasteiger partial charge is 0.109 e. The van der Waals surface area contributed by atoms with Crippen molar-refractivity contribution in [1.82, 2.24) is 5.32 Å². The number of nitrogens with one attached hydrogen (secondary N) is 1. The fraction of sp³-hybridized carbons (Fsp3) is 0.923. The first-order chi connectivity index (χ1) is 8.68. The summed E-state index contributed by atoms with van der Waals surface area (Å²) in [5.41, 5.74) is -0.328. The zero-order valence-corrected chi connectivity index (χ0v) is 11.9. The minimum Gasteiger partial charge on any atom is -0.394 e. The maximum atomic E-state index is 9.41. The van der Waals surface area contributed by atoms with Crippen LogP contribution in [0.25, 0.3) is 0 Å². The molecule has 1 fully saturated rings. The van der Waals surface area contributed by atoms with Crippen LogP contribution >= 0.6 is 11.8 Å². The van der Waals surface area contributed by atoms with Gasteiger partial charge in [-0.2, -0.15) is 17.0 Å². The molecule has 0 aromatic carbocycles. The molecule has 18 heavy (non-hydrogen) atoms. The van der Waals surface area contributed by atoms with Crippen molar-refractivity contribution in [2.75, 3.05) is 24.7 Å². The highest BCUT2D eigenvalue weighted by Gasteiger charge is 2.41. The zero-order valence-electron chi connectivity index (χ0n) is 11.1. The number of hydrogen-bond donors (Lipinski definition) is 3. The third-order valence-corrected chi connectivity index (χ3v) is 4.79. The normalized spacial score (nSPS) is 29.1. The molecule has 0 spiro atoms. The Bertz CT molecular complexity index is 283. The molecule has 5 heteroatoms. The molecule has 104 valence electrons. The van der Waals surface area contributed by atoms with Gasteiger partial charge in [0.05, 0.1) is 18.8 Å². The molecule has 0 amide bonds. The van der Waals surface area contributed by atoms with E-state index in [0.29, 0.717) is 11.7 Å². The van der Waals surface area contributed by atoms with Gasteiger partial charge in [0.1, 0.15) is 5.54 Å². The number of hydrogen-bond acceptors (Lipinski definition) is 5. The summed E-state index contributed by atoms with van der Waals surface area (Å²) in [5, 5.41) is 30.7. The number of thioether (sulfide) groups is 1. The minimum atomic E-state index is -0.618. The third-order valence-electron chi connectivity index (χ3n) is 3.64. The molecule has 0 aromatic rings.